The second kappa shape index (κ2) is 9.69. The van der Waals surface area contributed by atoms with Crippen LogP contribution in [-0.4, -0.2) is 58.5 Å². The lowest BCUT2D eigenvalue weighted by atomic mass is 9.78. The molecule has 158 valence electrons. The van der Waals surface area contributed by atoms with Crippen molar-refractivity contribution < 1.29 is 24.5 Å². The number of aliphatic hydroxyl groups excluding tert-OH is 2. The SMILES string of the molecule is CC(CO)C1(NC(=O)OCc2ccccc2)CCCN(C(O)OC(C)(C)C)C1. The van der Waals surface area contributed by atoms with Gasteiger partial charge in [0.15, 0.2) is 0 Å². The average Bonchev–Trinajstić information content (AvgIpc) is 2.65. The summed E-state index contributed by atoms with van der Waals surface area (Å²) in [5, 5.41) is 23.2. The first-order valence-corrected chi connectivity index (χ1v) is 9.85. The molecule has 1 amide bonds. The lowest BCUT2D eigenvalue weighted by molar-refractivity contribution is -0.248. The highest BCUT2D eigenvalue weighted by molar-refractivity contribution is 5.68. The fraction of sp³-hybridized carbons (Fsp3) is 0.667. The first-order chi connectivity index (χ1) is 13.1. The van der Waals surface area contributed by atoms with E-state index in [4.69, 9.17) is 9.47 Å². The summed E-state index contributed by atoms with van der Waals surface area (Å²) >= 11 is 0. The lowest BCUT2D eigenvalue weighted by Gasteiger charge is -2.47. The number of piperidine rings is 1. The second-order valence-corrected chi connectivity index (χ2v) is 8.56. The van der Waals surface area contributed by atoms with Gasteiger partial charge in [0.1, 0.15) is 6.61 Å². The fourth-order valence-corrected chi connectivity index (χ4v) is 3.46. The zero-order chi connectivity index (χ0) is 20.8. The molecule has 1 aromatic carbocycles. The van der Waals surface area contributed by atoms with Gasteiger partial charge in [-0.2, -0.15) is 0 Å². The number of rotatable bonds is 7. The van der Waals surface area contributed by atoms with Crippen LogP contribution in [0.2, 0.25) is 0 Å². The van der Waals surface area contributed by atoms with Gasteiger partial charge in [0.2, 0.25) is 6.41 Å². The first-order valence-electron chi connectivity index (χ1n) is 9.85. The molecule has 28 heavy (non-hydrogen) atoms. The van der Waals surface area contributed by atoms with Gasteiger partial charge in [-0.1, -0.05) is 37.3 Å². The molecule has 1 aromatic rings. The number of benzene rings is 1. The fourth-order valence-electron chi connectivity index (χ4n) is 3.46. The monoisotopic (exact) mass is 394 g/mol. The summed E-state index contributed by atoms with van der Waals surface area (Å²) in [4.78, 5) is 14.3. The summed E-state index contributed by atoms with van der Waals surface area (Å²) in [6.07, 6.45) is -0.160. The quantitative estimate of drug-likeness (QED) is 0.616. The minimum atomic E-state index is -1.08. The van der Waals surface area contributed by atoms with Crippen LogP contribution in [-0.2, 0) is 16.1 Å². The molecule has 0 saturated carbocycles. The molecule has 7 heteroatoms. The Hall–Kier alpha value is -1.67. The Morgan fingerprint density at radius 1 is 1.32 bits per heavy atom. The summed E-state index contributed by atoms with van der Waals surface area (Å²) in [6.45, 7) is 8.63. The number of hydrogen-bond acceptors (Lipinski definition) is 6. The van der Waals surface area contributed by atoms with E-state index in [1.807, 2.05) is 58.0 Å². The molecule has 0 aliphatic carbocycles. The van der Waals surface area contributed by atoms with Gasteiger partial charge in [0.25, 0.3) is 0 Å². The first kappa shape index (κ1) is 22.6. The van der Waals surface area contributed by atoms with E-state index in [1.54, 1.807) is 4.90 Å². The minimum Gasteiger partial charge on any atom is -0.445 e. The molecule has 2 rings (SSSR count). The van der Waals surface area contributed by atoms with Crippen LogP contribution in [0, 0.1) is 5.92 Å². The Kier molecular flexibility index (Phi) is 7.83. The number of likely N-dealkylation sites (tertiary alicyclic amines) is 1. The van der Waals surface area contributed by atoms with Gasteiger partial charge in [-0.15, -0.1) is 0 Å². The molecule has 0 bridgehead atoms. The summed E-state index contributed by atoms with van der Waals surface area (Å²) in [5.41, 5.74) is -0.297. The van der Waals surface area contributed by atoms with Crippen molar-refractivity contribution in [3.05, 3.63) is 35.9 Å². The van der Waals surface area contributed by atoms with Gasteiger partial charge < -0.3 is 25.0 Å². The van der Waals surface area contributed by atoms with Crippen LogP contribution in [0.4, 0.5) is 4.79 Å². The van der Waals surface area contributed by atoms with E-state index in [-0.39, 0.29) is 19.1 Å². The molecule has 7 nitrogen and oxygen atoms in total. The third kappa shape index (κ3) is 6.44. The van der Waals surface area contributed by atoms with Gasteiger partial charge in [-0.05, 0) is 39.2 Å². The van der Waals surface area contributed by atoms with E-state index in [9.17, 15) is 15.0 Å². The number of carbonyl (C=O) groups excluding carboxylic acids is 1. The second-order valence-electron chi connectivity index (χ2n) is 8.56. The maximum Gasteiger partial charge on any atom is 0.407 e. The van der Waals surface area contributed by atoms with Gasteiger partial charge in [0.05, 0.1) is 11.1 Å². The Balaban J connectivity index is 2.04. The number of ether oxygens (including phenoxy) is 2. The summed E-state index contributed by atoms with van der Waals surface area (Å²) in [6, 6.07) is 9.47. The normalized spacial score (nSPS) is 23.1. The van der Waals surface area contributed by atoms with Crippen molar-refractivity contribution >= 4 is 6.09 Å². The molecule has 1 aliphatic heterocycles. The van der Waals surface area contributed by atoms with Crippen molar-refractivity contribution in [2.45, 2.75) is 64.7 Å². The molecule has 3 unspecified atom stereocenters. The Bertz CT molecular complexity index is 619. The minimum absolute atomic E-state index is 0.0803. The van der Waals surface area contributed by atoms with Crippen LogP contribution < -0.4 is 5.32 Å². The molecule has 1 aliphatic rings. The largest absolute Gasteiger partial charge is 0.445 e. The van der Waals surface area contributed by atoms with Crippen molar-refractivity contribution in [3.8, 4) is 0 Å². The molecule has 0 aromatic heterocycles. The van der Waals surface area contributed by atoms with Crippen molar-refractivity contribution in [2.75, 3.05) is 19.7 Å². The van der Waals surface area contributed by atoms with Crippen molar-refractivity contribution in [1.29, 1.82) is 0 Å². The number of alkyl carbamates (subject to hydrolysis) is 1. The van der Waals surface area contributed by atoms with E-state index >= 15 is 0 Å². The van der Waals surface area contributed by atoms with E-state index < -0.39 is 23.6 Å². The van der Waals surface area contributed by atoms with Crippen LogP contribution in [0.1, 0.15) is 46.1 Å². The Morgan fingerprint density at radius 3 is 2.61 bits per heavy atom. The van der Waals surface area contributed by atoms with Crippen LogP contribution in [0.15, 0.2) is 30.3 Å². The standard InChI is InChI=1S/C21H34N2O5/c1-16(13-24)21(22-18(25)27-14-17-9-6-5-7-10-17)11-8-12-23(15-21)19(26)28-20(2,3)4/h5-7,9-10,16,19,24,26H,8,11-15H2,1-4H3,(H,22,25). The smallest absolute Gasteiger partial charge is 0.407 e. The summed E-state index contributed by atoms with van der Waals surface area (Å²) in [5.74, 6) is -0.207. The van der Waals surface area contributed by atoms with E-state index in [1.165, 1.54) is 0 Å². The van der Waals surface area contributed by atoms with E-state index in [0.717, 1.165) is 12.0 Å². The zero-order valence-electron chi connectivity index (χ0n) is 17.4. The number of aliphatic hydroxyl groups is 2. The predicted molar refractivity (Wildman–Crippen MR) is 106 cm³/mol. The topological polar surface area (TPSA) is 91.3 Å². The van der Waals surface area contributed by atoms with Crippen LogP contribution in [0.3, 0.4) is 0 Å². The van der Waals surface area contributed by atoms with Crippen LogP contribution >= 0.6 is 0 Å². The number of amides is 1. The number of nitrogens with zero attached hydrogens (tertiary/aromatic N) is 1. The number of carbonyl (C=O) groups is 1. The maximum atomic E-state index is 12.5. The maximum absolute atomic E-state index is 12.5. The number of hydrogen-bond donors (Lipinski definition) is 3. The molecule has 0 radical (unpaired) electrons. The molecule has 1 saturated heterocycles. The van der Waals surface area contributed by atoms with Crippen LogP contribution in [0.25, 0.3) is 0 Å². The molecular formula is C21H34N2O5. The zero-order valence-corrected chi connectivity index (χ0v) is 17.4. The molecule has 3 N–H and O–H groups in total. The highest BCUT2D eigenvalue weighted by atomic mass is 16.6. The third-order valence-corrected chi connectivity index (χ3v) is 5.11. The van der Waals surface area contributed by atoms with Gasteiger partial charge in [0, 0.05) is 25.6 Å². The molecule has 1 fully saturated rings. The Labute approximate surface area is 167 Å². The van der Waals surface area contributed by atoms with Crippen LogP contribution in [0.5, 0.6) is 0 Å². The van der Waals surface area contributed by atoms with Crippen molar-refractivity contribution in [2.24, 2.45) is 5.92 Å². The van der Waals surface area contributed by atoms with Gasteiger partial charge in [-0.25, -0.2) is 4.79 Å². The predicted octanol–water partition coefficient (Wildman–Crippen LogP) is 2.47. The van der Waals surface area contributed by atoms with E-state index in [2.05, 4.69) is 5.32 Å². The number of nitrogens with one attached hydrogen (secondary N) is 1. The van der Waals surface area contributed by atoms with Gasteiger partial charge >= 0.3 is 6.09 Å². The van der Waals surface area contributed by atoms with Gasteiger partial charge in [-0.3, -0.25) is 4.90 Å². The average molecular weight is 395 g/mol. The molecule has 1 heterocycles. The molecular weight excluding hydrogens is 360 g/mol. The van der Waals surface area contributed by atoms with E-state index in [0.29, 0.717) is 19.5 Å². The van der Waals surface area contributed by atoms with Crippen molar-refractivity contribution in [1.82, 2.24) is 10.2 Å². The highest BCUT2D eigenvalue weighted by Gasteiger charge is 2.43. The summed E-state index contributed by atoms with van der Waals surface area (Å²) < 4.78 is 11.1. The summed E-state index contributed by atoms with van der Waals surface area (Å²) in [7, 11) is 0. The Morgan fingerprint density at radius 2 is 2.00 bits per heavy atom. The molecule has 3 atom stereocenters. The highest BCUT2D eigenvalue weighted by Crippen LogP contribution is 2.30. The third-order valence-electron chi connectivity index (χ3n) is 5.11. The molecule has 0 spiro atoms. The lowest BCUT2D eigenvalue weighted by Crippen LogP contribution is -2.64. The van der Waals surface area contributed by atoms with Crippen molar-refractivity contribution in [3.63, 3.8) is 0 Å².